The van der Waals surface area contributed by atoms with Crippen LogP contribution < -0.4 is 16.0 Å². The minimum Gasteiger partial charge on any atom is -0.368 e. The number of amides is 1. The van der Waals surface area contributed by atoms with Crippen molar-refractivity contribution in [2.24, 2.45) is 5.41 Å². The highest BCUT2D eigenvalue weighted by Gasteiger charge is 2.40. The summed E-state index contributed by atoms with van der Waals surface area (Å²) in [7, 11) is 0. The van der Waals surface area contributed by atoms with Crippen molar-refractivity contribution in [1.29, 1.82) is 0 Å². The molecule has 156 valence electrons. The third-order valence-electron chi connectivity index (χ3n) is 6.54. The fourth-order valence-corrected chi connectivity index (χ4v) is 4.91. The van der Waals surface area contributed by atoms with Crippen molar-refractivity contribution in [2.75, 3.05) is 22.5 Å². The van der Waals surface area contributed by atoms with Crippen LogP contribution in [0.3, 0.4) is 0 Å². The average Bonchev–Trinajstić information content (AvgIpc) is 3.22. The first kappa shape index (κ1) is 18.8. The molecule has 0 saturated heterocycles. The van der Waals surface area contributed by atoms with Crippen LogP contribution in [0.1, 0.15) is 44.6 Å². The molecule has 4 N–H and O–H groups in total. The van der Waals surface area contributed by atoms with Crippen LogP contribution in [0.2, 0.25) is 0 Å². The number of hydrogen-bond acceptors (Lipinski definition) is 6. The van der Waals surface area contributed by atoms with E-state index in [2.05, 4.69) is 44.5 Å². The zero-order valence-electron chi connectivity index (χ0n) is 17.2. The van der Waals surface area contributed by atoms with E-state index in [1.54, 1.807) is 6.20 Å². The normalized spacial score (nSPS) is 20.7. The maximum absolute atomic E-state index is 13.7. The number of aromatic amines is 1. The number of anilines is 3. The number of benzene rings is 1. The molecule has 5 rings (SSSR count). The summed E-state index contributed by atoms with van der Waals surface area (Å²) < 4.78 is 0. The van der Waals surface area contributed by atoms with Crippen LogP contribution in [-0.2, 0) is 11.2 Å². The fraction of sp³-hybridized carbons (Fsp3) is 0.455. The molecule has 30 heavy (non-hydrogen) atoms. The van der Waals surface area contributed by atoms with Crippen molar-refractivity contribution < 1.29 is 4.79 Å². The van der Waals surface area contributed by atoms with Gasteiger partial charge in [0.1, 0.15) is 5.82 Å². The number of nitrogens with two attached hydrogens (primary N) is 1. The number of carbonyl (C=O) groups excluding carboxylic acids is 1. The van der Waals surface area contributed by atoms with Gasteiger partial charge in [0.2, 0.25) is 11.9 Å². The number of rotatable bonds is 3. The first-order chi connectivity index (χ1) is 14.5. The first-order valence-electron chi connectivity index (χ1n) is 10.7. The average molecular weight is 406 g/mol. The van der Waals surface area contributed by atoms with E-state index in [4.69, 9.17) is 5.73 Å². The summed E-state index contributed by atoms with van der Waals surface area (Å²) >= 11 is 0. The number of para-hydroxylation sites is 1. The summed E-state index contributed by atoms with van der Waals surface area (Å²) in [5.74, 6) is 1.07. The summed E-state index contributed by atoms with van der Waals surface area (Å²) in [5.41, 5.74) is 8.39. The molecule has 0 spiro atoms. The molecule has 0 radical (unpaired) electrons. The second kappa shape index (κ2) is 7.27. The highest BCUT2D eigenvalue weighted by atomic mass is 16.2. The summed E-state index contributed by atoms with van der Waals surface area (Å²) in [6.07, 6.45) is 7.89. The largest absolute Gasteiger partial charge is 0.368 e. The van der Waals surface area contributed by atoms with Gasteiger partial charge in [-0.05, 0) is 30.9 Å². The molecule has 1 atom stereocenters. The number of fused-ring (bicyclic) bond motifs is 2. The molecule has 3 aromatic rings. The molecule has 1 saturated carbocycles. The van der Waals surface area contributed by atoms with Gasteiger partial charge in [-0.1, -0.05) is 44.4 Å². The minimum absolute atomic E-state index is 0.0171. The van der Waals surface area contributed by atoms with Gasteiger partial charge in [0.25, 0.3) is 0 Å². The van der Waals surface area contributed by atoms with E-state index in [9.17, 15) is 4.79 Å². The molecule has 1 aromatic carbocycles. The Morgan fingerprint density at radius 3 is 2.87 bits per heavy atom. The van der Waals surface area contributed by atoms with Crippen LogP contribution in [0, 0.1) is 5.41 Å². The zero-order valence-corrected chi connectivity index (χ0v) is 17.2. The molecule has 8 nitrogen and oxygen atoms in total. The molecule has 1 aliphatic carbocycles. The molecule has 0 bridgehead atoms. The number of nitrogens with zero attached hydrogens (tertiary/aromatic N) is 4. The van der Waals surface area contributed by atoms with Crippen LogP contribution >= 0.6 is 0 Å². The zero-order chi connectivity index (χ0) is 20.7. The summed E-state index contributed by atoms with van der Waals surface area (Å²) in [5, 5.41) is 11.2. The molecule has 3 heterocycles. The molecular formula is C22H27N7O. The quantitative estimate of drug-likeness (QED) is 0.616. The highest BCUT2D eigenvalue weighted by molar-refractivity contribution is 5.99. The van der Waals surface area contributed by atoms with Gasteiger partial charge in [0, 0.05) is 23.7 Å². The molecule has 1 fully saturated rings. The second-order valence-electron chi connectivity index (χ2n) is 8.77. The molecule has 1 amide bonds. The Hall–Kier alpha value is -3.16. The fourth-order valence-electron chi connectivity index (χ4n) is 4.91. The Morgan fingerprint density at radius 1 is 1.23 bits per heavy atom. The third kappa shape index (κ3) is 3.26. The van der Waals surface area contributed by atoms with E-state index < -0.39 is 0 Å². The van der Waals surface area contributed by atoms with Crippen LogP contribution in [-0.4, -0.2) is 38.7 Å². The Balaban J connectivity index is 1.47. The predicted octanol–water partition coefficient (Wildman–Crippen LogP) is 3.28. The van der Waals surface area contributed by atoms with E-state index in [-0.39, 0.29) is 23.3 Å². The maximum atomic E-state index is 13.7. The van der Waals surface area contributed by atoms with Crippen molar-refractivity contribution in [3.63, 3.8) is 0 Å². The maximum Gasteiger partial charge on any atom is 0.232 e. The van der Waals surface area contributed by atoms with Crippen molar-refractivity contribution >= 4 is 34.4 Å². The first-order valence-corrected chi connectivity index (χ1v) is 10.7. The molecular weight excluding hydrogens is 378 g/mol. The van der Waals surface area contributed by atoms with Gasteiger partial charge in [-0.15, -0.1) is 0 Å². The monoisotopic (exact) mass is 405 g/mol. The minimum atomic E-state index is -0.287. The topological polar surface area (TPSA) is 113 Å². The summed E-state index contributed by atoms with van der Waals surface area (Å²) in [4.78, 5) is 24.3. The molecule has 2 aromatic heterocycles. The number of aromatic nitrogens is 4. The van der Waals surface area contributed by atoms with Crippen molar-refractivity contribution in [1.82, 2.24) is 20.2 Å². The lowest BCUT2D eigenvalue weighted by atomic mass is 9.74. The Kier molecular flexibility index (Phi) is 4.56. The SMILES string of the molecule is CC1(C(=O)N2CC(Nc3nc(N)nc4[nH]ncc34)Cc3ccccc32)CCCCC1. The van der Waals surface area contributed by atoms with Crippen molar-refractivity contribution in [3.05, 3.63) is 36.0 Å². The standard InChI is InChI=1S/C22H27N7O/c1-22(9-5-2-6-10-22)20(30)29-13-15(11-14-7-3-4-8-17(14)29)25-18-16-12-24-28-19(16)27-21(23)26-18/h3-4,7-8,12,15H,2,5-6,9-11,13H2,1H3,(H4,23,24,25,26,27,28). The van der Waals surface area contributed by atoms with Gasteiger partial charge < -0.3 is 16.0 Å². The number of nitrogen functional groups attached to an aromatic ring is 1. The third-order valence-corrected chi connectivity index (χ3v) is 6.54. The smallest absolute Gasteiger partial charge is 0.232 e. The van der Waals surface area contributed by atoms with E-state index in [0.29, 0.717) is 18.0 Å². The summed E-state index contributed by atoms with van der Waals surface area (Å²) in [6.45, 7) is 2.73. The van der Waals surface area contributed by atoms with Crippen LogP contribution in [0.5, 0.6) is 0 Å². The van der Waals surface area contributed by atoms with Gasteiger partial charge in [-0.3, -0.25) is 9.89 Å². The highest BCUT2D eigenvalue weighted by Crippen LogP contribution is 2.40. The Morgan fingerprint density at radius 2 is 2.03 bits per heavy atom. The number of nitrogens with one attached hydrogen (secondary N) is 2. The van der Waals surface area contributed by atoms with Gasteiger partial charge in [-0.2, -0.15) is 15.1 Å². The molecule has 2 aliphatic rings. The van der Waals surface area contributed by atoms with Crippen LogP contribution in [0.4, 0.5) is 17.5 Å². The number of hydrogen-bond donors (Lipinski definition) is 3. The Labute approximate surface area is 175 Å². The molecule has 1 aliphatic heterocycles. The van der Waals surface area contributed by atoms with Crippen molar-refractivity contribution in [2.45, 2.75) is 51.5 Å². The number of carbonyl (C=O) groups is 1. The van der Waals surface area contributed by atoms with Crippen molar-refractivity contribution in [3.8, 4) is 0 Å². The van der Waals surface area contributed by atoms with Gasteiger partial charge in [0.05, 0.1) is 11.6 Å². The van der Waals surface area contributed by atoms with E-state index in [1.165, 1.54) is 12.0 Å². The second-order valence-corrected chi connectivity index (χ2v) is 8.77. The lowest BCUT2D eigenvalue weighted by molar-refractivity contribution is -0.129. The predicted molar refractivity (Wildman–Crippen MR) is 117 cm³/mol. The van der Waals surface area contributed by atoms with Gasteiger partial charge >= 0.3 is 0 Å². The molecule has 8 heteroatoms. The Bertz CT molecular complexity index is 1090. The lowest BCUT2D eigenvalue weighted by Gasteiger charge is -2.41. The van der Waals surface area contributed by atoms with Gasteiger partial charge in [0.15, 0.2) is 5.65 Å². The van der Waals surface area contributed by atoms with E-state index in [1.807, 2.05) is 17.0 Å². The molecule has 1 unspecified atom stereocenters. The van der Waals surface area contributed by atoms with Crippen LogP contribution in [0.25, 0.3) is 11.0 Å². The van der Waals surface area contributed by atoms with E-state index >= 15 is 0 Å². The van der Waals surface area contributed by atoms with Crippen LogP contribution in [0.15, 0.2) is 30.5 Å². The lowest BCUT2D eigenvalue weighted by Crippen LogP contribution is -2.51. The number of H-pyrrole nitrogens is 1. The van der Waals surface area contributed by atoms with Gasteiger partial charge in [-0.25, -0.2) is 0 Å². The summed E-state index contributed by atoms with van der Waals surface area (Å²) in [6, 6.07) is 8.23. The van der Waals surface area contributed by atoms with E-state index in [0.717, 1.165) is 43.2 Å².